The van der Waals surface area contributed by atoms with Gasteiger partial charge in [-0.25, -0.2) is 0 Å². The van der Waals surface area contributed by atoms with Crippen LogP contribution in [-0.4, -0.2) is 24.8 Å². The van der Waals surface area contributed by atoms with Crippen LogP contribution in [0.5, 0.6) is 0 Å². The molecule has 0 aromatic carbocycles. The maximum absolute atomic E-state index is 11.8. The van der Waals surface area contributed by atoms with E-state index in [2.05, 4.69) is 6.92 Å². The van der Waals surface area contributed by atoms with Crippen molar-refractivity contribution in [2.24, 2.45) is 5.92 Å². The maximum atomic E-state index is 11.8. The Hall–Kier alpha value is -0.410. The van der Waals surface area contributed by atoms with Crippen molar-refractivity contribution >= 4 is 5.78 Å². The van der Waals surface area contributed by atoms with Gasteiger partial charge in [-0.15, -0.1) is 0 Å². The second-order valence-electron chi connectivity index (χ2n) is 5.63. The van der Waals surface area contributed by atoms with Crippen molar-refractivity contribution in [3.05, 3.63) is 0 Å². The van der Waals surface area contributed by atoms with Crippen molar-refractivity contribution in [3.63, 3.8) is 0 Å². The van der Waals surface area contributed by atoms with Crippen LogP contribution in [0, 0.1) is 5.92 Å². The minimum absolute atomic E-state index is 0.316. The zero-order chi connectivity index (χ0) is 12.8. The number of carbonyl (C=O) groups excluding carboxylic acids is 1. The number of unbranched alkanes of at least 4 members (excludes halogenated alkanes) is 2. The highest BCUT2D eigenvalue weighted by Gasteiger charge is 2.47. The number of carbonyl (C=O) groups is 1. The Kier molecular flexibility index (Phi) is 5.19. The molecular formula is C15H26O3. The number of Topliss-reactive ketones (excluding diaryl/α,β-unsaturated/α-hetero) is 1. The minimum Gasteiger partial charge on any atom is -0.347 e. The molecule has 0 radical (unpaired) electrons. The summed E-state index contributed by atoms with van der Waals surface area (Å²) in [7, 11) is 0. The lowest BCUT2D eigenvalue weighted by Crippen LogP contribution is -2.34. The number of ketones is 1. The molecule has 18 heavy (non-hydrogen) atoms. The van der Waals surface area contributed by atoms with Gasteiger partial charge >= 0.3 is 0 Å². The van der Waals surface area contributed by atoms with Crippen LogP contribution >= 0.6 is 0 Å². The highest BCUT2D eigenvalue weighted by atomic mass is 16.7. The van der Waals surface area contributed by atoms with Crippen molar-refractivity contribution in [1.82, 2.24) is 0 Å². The second-order valence-corrected chi connectivity index (χ2v) is 5.63. The van der Waals surface area contributed by atoms with E-state index in [-0.39, 0.29) is 5.79 Å². The van der Waals surface area contributed by atoms with Gasteiger partial charge in [0, 0.05) is 25.2 Å². The quantitative estimate of drug-likeness (QED) is 0.653. The van der Waals surface area contributed by atoms with Crippen LogP contribution in [0.4, 0.5) is 0 Å². The number of ether oxygens (including phenoxy) is 2. The van der Waals surface area contributed by atoms with E-state index in [0.717, 1.165) is 45.3 Å². The van der Waals surface area contributed by atoms with Crippen molar-refractivity contribution in [2.45, 2.75) is 70.5 Å². The monoisotopic (exact) mass is 254 g/mol. The molecule has 0 aromatic heterocycles. The second kappa shape index (κ2) is 6.67. The van der Waals surface area contributed by atoms with E-state index in [1.165, 1.54) is 19.3 Å². The lowest BCUT2D eigenvalue weighted by atomic mass is 9.94. The summed E-state index contributed by atoms with van der Waals surface area (Å²) in [4.78, 5) is 11.8. The van der Waals surface area contributed by atoms with E-state index in [0.29, 0.717) is 18.1 Å². The molecule has 1 saturated heterocycles. The Morgan fingerprint density at radius 2 is 2.00 bits per heavy atom. The molecule has 2 fully saturated rings. The van der Waals surface area contributed by atoms with E-state index < -0.39 is 0 Å². The van der Waals surface area contributed by atoms with E-state index in [9.17, 15) is 4.79 Å². The first-order valence-electron chi connectivity index (χ1n) is 7.56. The van der Waals surface area contributed by atoms with Crippen LogP contribution in [0.2, 0.25) is 0 Å². The van der Waals surface area contributed by atoms with Crippen LogP contribution in [-0.2, 0) is 14.3 Å². The fraction of sp³-hybridized carbons (Fsp3) is 0.933. The molecule has 2 aliphatic rings. The molecule has 3 nitrogen and oxygen atoms in total. The molecule has 1 aliphatic carbocycles. The van der Waals surface area contributed by atoms with Crippen LogP contribution < -0.4 is 0 Å². The first kappa shape index (κ1) is 14.0. The van der Waals surface area contributed by atoms with Crippen molar-refractivity contribution < 1.29 is 14.3 Å². The molecule has 3 heteroatoms. The average Bonchev–Trinajstić information content (AvgIpc) is 2.99. The lowest BCUT2D eigenvalue weighted by Gasteiger charge is -2.29. The lowest BCUT2D eigenvalue weighted by molar-refractivity contribution is -0.182. The topological polar surface area (TPSA) is 35.5 Å². The van der Waals surface area contributed by atoms with Crippen LogP contribution in [0.25, 0.3) is 0 Å². The zero-order valence-corrected chi connectivity index (χ0v) is 11.6. The number of rotatable bonds is 7. The van der Waals surface area contributed by atoms with Gasteiger partial charge in [-0.2, -0.15) is 0 Å². The molecule has 1 saturated carbocycles. The Balaban J connectivity index is 1.71. The number of hydrogen-bond acceptors (Lipinski definition) is 3. The summed E-state index contributed by atoms with van der Waals surface area (Å²) in [6, 6.07) is 0. The summed E-state index contributed by atoms with van der Waals surface area (Å²) in [5.41, 5.74) is 0. The minimum atomic E-state index is -0.316. The van der Waals surface area contributed by atoms with Gasteiger partial charge in [-0.1, -0.05) is 19.8 Å². The summed E-state index contributed by atoms with van der Waals surface area (Å²) >= 11 is 0. The molecule has 0 aromatic rings. The highest BCUT2D eigenvalue weighted by molar-refractivity contribution is 5.78. The van der Waals surface area contributed by atoms with Crippen LogP contribution in [0.15, 0.2) is 0 Å². The molecule has 0 bridgehead atoms. The van der Waals surface area contributed by atoms with Crippen molar-refractivity contribution in [2.75, 3.05) is 13.2 Å². The smallest absolute Gasteiger partial charge is 0.171 e. The third-order valence-electron chi connectivity index (χ3n) is 4.31. The van der Waals surface area contributed by atoms with Gasteiger partial charge < -0.3 is 9.47 Å². The number of hydrogen-bond donors (Lipinski definition) is 0. The zero-order valence-electron chi connectivity index (χ0n) is 11.6. The van der Waals surface area contributed by atoms with E-state index in [4.69, 9.17) is 9.47 Å². The Labute approximate surface area is 110 Å². The summed E-state index contributed by atoms with van der Waals surface area (Å²) in [5.74, 6) is 0.544. The third kappa shape index (κ3) is 3.33. The van der Waals surface area contributed by atoms with E-state index in [1.807, 2.05) is 0 Å². The molecule has 0 amide bonds. The highest BCUT2D eigenvalue weighted by Crippen LogP contribution is 2.44. The first-order chi connectivity index (χ1) is 8.77. The molecule has 1 unspecified atom stereocenters. The summed E-state index contributed by atoms with van der Waals surface area (Å²) in [6.45, 7) is 3.61. The first-order valence-corrected chi connectivity index (χ1v) is 7.56. The van der Waals surface area contributed by atoms with Crippen LogP contribution in [0.1, 0.15) is 64.7 Å². The largest absolute Gasteiger partial charge is 0.347 e. The van der Waals surface area contributed by atoms with Gasteiger partial charge in [0.2, 0.25) is 0 Å². The molecular weight excluding hydrogens is 228 g/mol. The Morgan fingerprint density at radius 1 is 1.22 bits per heavy atom. The van der Waals surface area contributed by atoms with E-state index in [1.54, 1.807) is 0 Å². The summed E-state index contributed by atoms with van der Waals surface area (Å²) < 4.78 is 11.6. The standard InChI is InChI=1S/C15H26O3/c1-2-3-4-7-14(16)9-8-13-6-5-10-15(13)17-11-12-18-15/h13H,2-12H2,1H3. The molecule has 1 spiro atoms. The molecule has 1 atom stereocenters. The maximum Gasteiger partial charge on any atom is 0.171 e. The SMILES string of the molecule is CCCCCC(=O)CCC1CCCC12OCCO2. The van der Waals surface area contributed by atoms with Crippen molar-refractivity contribution in [1.29, 1.82) is 0 Å². The fourth-order valence-electron chi connectivity index (χ4n) is 3.27. The van der Waals surface area contributed by atoms with E-state index >= 15 is 0 Å². The molecule has 1 heterocycles. The predicted octanol–water partition coefficient (Wildman–Crippen LogP) is 3.46. The van der Waals surface area contributed by atoms with Gasteiger partial charge in [0.1, 0.15) is 5.78 Å². The molecule has 1 aliphatic heterocycles. The van der Waals surface area contributed by atoms with Gasteiger partial charge in [-0.05, 0) is 25.7 Å². The van der Waals surface area contributed by atoms with Gasteiger partial charge in [0.15, 0.2) is 5.79 Å². The predicted molar refractivity (Wildman–Crippen MR) is 70.4 cm³/mol. The van der Waals surface area contributed by atoms with Gasteiger partial charge in [0.25, 0.3) is 0 Å². The van der Waals surface area contributed by atoms with Crippen LogP contribution in [0.3, 0.4) is 0 Å². The fourth-order valence-corrected chi connectivity index (χ4v) is 3.27. The summed E-state index contributed by atoms with van der Waals surface area (Å²) in [6.07, 6.45) is 9.17. The summed E-state index contributed by atoms with van der Waals surface area (Å²) in [5, 5.41) is 0. The molecule has 0 N–H and O–H groups in total. The Morgan fingerprint density at radius 3 is 2.72 bits per heavy atom. The molecule has 104 valence electrons. The average molecular weight is 254 g/mol. The molecule has 2 rings (SSSR count). The van der Waals surface area contributed by atoms with Gasteiger partial charge in [-0.3, -0.25) is 4.79 Å². The Bertz CT molecular complexity index is 263. The van der Waals surface area contributed by atoms with Crippen molar-refractivity contribution in [3.8, 4) is 0 Å². The third-order valence-corrected chi connectivity index (χ3v) is 4.31. The van der Waals surface area contributed by atoms with Gasteiger partial charge in [0.05, 0.1) is 13.2 Å². The normalized spacial score (nSPS) is 25.9.